The molecule has 6 rings (SSSR count). The molecule has 1 N–H and O–H groups in total. The molecule has 45 heavy (non-hydrogen) atoms. The number of nitrogens with one attached hydrogen (secondary N) is 1. The molecule has 0 spiro atoms. The van der Waals surface area contributed by atoms with Crippen LogP contribution < -0.4 is 10.1 Å². The Kier molecular flexibility index (Phi) is 9.24. The smallest absolute Gasteiger partial charge is 0.253 e. The number of hydrogen-bond donors (Lipinski definition) is 1. The first-order valence-electron chi connectivity index (χ1n) is 13.8. The van der Waals surface area contributed by atoms with Crippen molar-refractivity contribution in [2.24, 2.45) is 5.10 Å². The Labute approximate surface area is 271 Å². The molecule has 228 valence electrons. The summed E-state index contributed by atoms with van der Waals surface area (Å²) in [7, 11) is 1.61. The van der Waals surface area contributed by atoms with E-state index in [0.717, 1.165) is 28.0 Å². The molecule has 3 aromatic carbocycles. The van der Waals surface area contributed by atoms with Crippen molar-refractivity contribution in [3.05, 3.63) is 123 Å². The Morgan fingerprint density at radius 2 is 1.89 bits per heavy atom. The maximum atomic E-state index is 13.8. The highest BCUT2D eigenvalue weighted by molar-refractivity contribution is 7.99. The number of halogens is 2. The lowest BCUT2D eigenvalue weighted by Gasteiger charge is -2.22. The summed E-state index contributed by atoms with van der Waals surface area (Å²) < 4.78 is 20.7. The molecule has 0 radical (unpaired) electrons. The van der Waals surface area contributed by atoms with Crippen LogP contribution in [0.1, 0.15) is 39.1 Å². The summed E-state index contributed by atoms with van der Waals surface area (Å²) >= 11 is 9.09. The van der Waals surface area contributed by atoms with Crippen LogP contribution in [0.3, 0.4) is 0 Å². The fourth-order valence-corrected chi connectivity index (χ4v) is 6.61. The standard InChI is InChI=1S/C32H26ClFN6O3S2/c1-43-25-12-10-20(11-13-25)27-17-26(28-9-4-14-44-28)38-40(27)30(41)19-45-32-37-36-29(39(32)24-8-3-6-22(33)16-24)18-35-31(42)21-5-2-7-23(34)15-21/h2-16,27H,17-19H2,1H3,(H,35,42)/t27-/m0/s1. The molecule has 13 heteroatoms. The second-order valence-electron chi connectivity index (χ2n) is 9.95. The largest absolute Gasteiger partial charge is 0.497 e. The van der Waals surface area contributed by atoms with E-state index in [1.807, 2.05) is 47.8 Å². The number of nitrogens with zero attached hydrogens (tertiary/aromatic N) is 5. The third-order valence-corrected chi connectivity index (χ3v) is 9.13. The summed E-state index contributed by atoms with van der Waals surface area (Å²) in [5.41, 5.74) is 2.64. The zero-order valence-electron chi connectivity index (χ0n) is 23.9. The van der Waals surface area contributed by atoms with Crippen LogP contribution in [0.5, 0.6) is 5.75 Å². The summed E-state index contributed by atoms with van der Waals surface area (Å²) in [6.07, 6.45) is 0.580. The highest BCUT2D eigenvalue weighted by atomic mass is 35.5. The fraction of sp³-hybridized carbons (Fsp3) is 0.156. The molecule has 0 unspecified atom stereocenters. The Bertz CT molecular complexity index is 1860. The number of thiophene rings is 1. The third-order valence-electron chi connectivity index (χ3n) is 7.06. The number of carbonyl (C=O) groups is 2. The van der Waals surface area contributed by atoms with Gasteiger partial charge >= 0.3 is 0 Å². The van der Waals surface area contributed by atoms with Crippen molar-refractivity contribution >= 4 is 52.2 Å². The predicted octanol–water partition coefficient (Wildman–Crippen LogP) is 6.53. The van der Waals surface area contributed by atoms with Gasteiger partial charge in [-0.25, -0.2) is 9.40 Å². The number of carbonyl (C=O) groups excluding carboxylic acids is 2. The molecule has 1 atom stereocenters. The van der Waals surface area contributed by atoms with Gasteiger partial charge in [-0.2, -0.15) is 5.10 Å². The number of amides is 2. The minimum atomic E-state index is -0.507. The van der Waals surface area contributed by atoms with E-state index in [1.54, 1.807) is 46.2 Å². The highest BCUT2D eigenvalue weighted by Gasteiger charge is 2.33. The van der Waals surface area contributed by atoms with Crippen molar-refractivity contribution in [2.45, 2.75) is 24.2 Å². The van der Waals surface area contributed by atoms with Crippen LogP contribution >= 0.6 is 34.7 Å². The zero-order chi connectivity index (χ0) is 31.3. The van der Waals surface area contributed by atoms with Crippen LogP contribution in [0.15, 0.2) is 101 Å². The van der Waals surface area contributed by atoms with Gasteiger partial charge in [0.1, 0.15) is 11.6 Å². The van der Waals surface area contributed by atoms with E-state index in [9.17, 15) is 14.0 Å². The lowest BCUT2D eigenvalue weighted by Crippen LogP contribution is -2.28. The number of benzene rings is 3. The van der Waals surface area contributed by atoms with E-state index in [-0.39, 0.29) is 29.8 Å². The van der Waals surface area contributed by atoms with Gasteiger partial charge in [0.15, 0.2) is 11.0 Å². The first kappa shape index (κ1) is 30.5. The van der Waals surface area contributed by atoms with Crippen LogP contribution in [0.4, 0.5) is 4.39 Å². The Hall–Kier alpha value is -4.52. The molecule has 2 amide bonds. The van der Waals surface area contributed by atoms with Gasteiger partial charge in [-0.05, 0) is 65.5 Å². The monoisotopic (exact) mass is 660 g/mol. The quantitative estimate of drug-likeness (QED) is 0.171. The minimum Gasteiger partial charge on any atom is -0.497 e. The molecule has 2 aromatic heterocycles. The lowest BCUT2D eigenvalue weighted by molar-refractivity contribution is -0.130. The van der Waals surface area contributed by atoms with Gasteiger partial charge in [-0.15, -0.1) is 21.5 Å². The lowest BCUT2D eigenvalue weighted by atomic mass is 10.0. The second kappa shape index (κ2) is 13.6. The van der Waals surface area contributed by atoms with Gasteiger partial charge in [0.05, 0.1) is 41.7 Å². The maximum Gasteiger partial charge on any atom is 0.253 e. The molecule has 5 aromatic rings. The molecule has 0 saturated carbocycles. The van der Waals surface area contributed by atoms with Crippen molar-refractivity contribution in [1.29, 1.82) is 0 Å². The van der Waals surface area contributed by atoms with Crippen LogP contribution in [0.2, 0.25) is 5.02 Å². The van der Waals surface area contributed by atoms with Gasteiger partial charge in [0.2, 0.25) is 0 Å². The molecule has 0 fully saturated rings. The van der Waals surface area contributed by atoms with Gasteiger partial charge < -0.3 is 10.1 Å². The fourth-order valence-electron chi connectivity index (χ4n) is 4.88. The number of thioether (sulfide) groups is 1. The van der Waals surface area contributed by atoms with Crippen molar-refractivity contribution in [3.63, 3.8) is 0 Å². The first-order valence-corrected chi connectivity index (χ1v) is 16.1. The van der Waals surface area contributed by atoms with Crippen molar-refractivity contribution in [1.82, 2.24) is 25.1 Å². The molecule has 0 bridgehead atoms. The van der Waals surface area contributed by atoms with Crippen molar-refractivity contribution in [2.75, 3.05) is 12.9 Å². The van der Waals surface area contributed by atoms with Crippen LogP contribution in [-0.2, 0) is 11.3 Å². The molecular formula is C32H26ClFN6O3S2. The summed E-state index contributed by atoms with van der Waals surface area (Å²) in [6, 6.07) is 23.9. The Morgan fingerprint density at radius 3 is 2.62 bits per heavy atom. The van der Waals surface area contributed by atoms with E-state index in [1.165, 1.54) is 30.0 Å². The van der Waals surface area contributed by atoms with E-state index < -0.39 is 11.7 Å². The topological polar surface area (TPSA) is 102 Å². The van der Waals surface area contributed by atoms with E-state index >= 15 is 0 Å². The van der Waals surface area contributed by atoms with E-state index in [2.05, 4.69) is 15.5 Å². The summed E-state index contributed by atoms with van der Waals surface area (Å²) in [5.74, 6) is 0.00109. The van der Waals surface area contributed by atoms with Crippen LogP contribution in [0.25, 0.3) is 5.69 Å². The molecule has 0 aliphatic carbocycles. The SMILES string of the molecule is COc1ccc([C@@H]2CC(c3cccs3)=NN2C(=O)CSc2nnc(CNC(=O)c3cccc(F)c3)n2-c2cccc(Cl)c2)cc1. The van der Waals surface area contributed by atoms with Gasteiger partial charge in [0, 0.05) is 17.0 Å². The van der Waals surface area contributed by atoms with Gasteiger partial charge in [-0.3, -0.25) is 14.2 Å². The first-order chi connectivity index (χ1) is 21.9. The zero-order valence-corrected chi connectivity index (χ0v) is 26.3. The van der Waals surface area contributed by atoms with Crippen LogP contribution in [-0.4, -0.2) is 50.2 Å². The average Bonchev–Trinajstić information content (AvgIpc) is 3.83. The number of aromatic nitrogens is 3. The Morgan fingerprint density at radius 1 is 1.07 bits per heavy atom. The average molecular weight is 661 g/mol. The summed E-state index contributed by atoms with van der Waals surface area (Å²) in [6.45, 7) is 0.00347. The predicted molar refractivity (Wildman–Crippen MR) is 173 cm³/mol. The number of hydrogen-bond acceptors (Lipinski definition) is 8. The van der Waals surface area contributed by atoms with Crippen molar-refractivity contribution in [3.8, 4) is 11.4 Å². The second-order valence-corrected chi connectivity index (χ2v) is 12.3. The number of ether oxygens (including phenoxy) is 1. The van der Waals surface area contributed by atoms with Gasteiger partial charge in [0.25, 0.3) is 11.8 Å². The molecular weight excluding hydrogens is 635 g/mol. The molecule has 1 aliphatic rings. The van der Waals surface area contributed by atoms with Crippen LogP contribution in [0, 0.1) is 5.82 Å². The maximum absolute atomic E-state index is 13.8. The highest BCUT2D eigenvalue weighted by Crippen LogP contribution is 2.35. The summed E-state index contributed by atoms with van der Waals surface area (Å²) in [4.78, 5) is 27.5. The van der Waals surface area contributed by atoms with Gasteiger partial charge in [-0.1, -0.05) is 53.7 Å². The minimum absolute atomic E-state index is 0.00347. The third kappa shape index (κ3) is 6.93. The number of hydrazone groups is 1. The molecule has 0 saturated heterocycles. The Balaban J connectivity index is 1.24. The number of rotatable bonds is 10. The summed E-state index contributed by atoms with van der Waals surface area (Å²) in [5, 5.41) is 20.6. The van der Waals surface area contributed by atoms with E-state index in [0.29, 0.717) is 28.1 Å². The number of methoxy groups -OCH3 is 1. The normalized spacial score (nSPS) is 14.3. The molecule has 1 aliphatic heterocycles. The molecule has 3 heterocycles. The van der Waals surface area contributed by atoms with Crippen molar-refractivity contribution < 1.29 is 18.7 Å². The molecule has 9 nitrogen and oxygen atoms in total. The van der Waals surface area contributed by atoms with E-state index in [4.69, 9.17) is 21.4 Å².